The summed E-state index contributed by atoms with van der Waals surface area (Å²) in [6.45, 7) is 0. The van der Waals surface area contributed by atoms with E-state index in [1.807, 2.05) is 17.5 Å². The van der Waals surface area contributed by atoms with E-state index in [1.54, 1.807) is 18.2 Å². The highest BCUT2D eigenvalue weighted by atomic mass is 35.5. The van der Waals surface area contributed by atoms with Crippen LogP contribution >= 0.6 is 69.3 Å². The molecule has 174 valence electrons. The number of imide groups is 1. The lowest BCUT2D eigenvalue weighted by molar-refractivity contribution is -0.130. The van der Waals surface area contributed by atoms with E-state index in [1.165, 1.54) is 23.3 Å². The Balaban J connectivity index is 1.60. The number of benzene rings is 2. The molecule has 2 aliphatic heterocycles. The van der Waals surface area contributed by atoms with Crippen LogP contribution in [0.4, 0.5) is 5.69 Å². The Bertz CT molecular complexity index is 1350. The molecule has 3 aromatic rings. The first-order chi connectivity index (χ1) is 16.2. The van der Waals surface area contributed by atoms with Crippen LogP contribution in [0, 0.1) is 0 Å². The van der Waals surface area contributed by atoms with Gasteiger partial charge in [-0.3, -0.25) is 24.2 Å². The molecule has 12 heteroatoms. The summed E-state index contributed by atoms with van der Waals surface area (Å²) in [5.74, 6) is -1.56. The molecule has 0 aliphatic carbocycles. The van der Waals surface area contributed by atoms with Gasteiger partial charge in [-0.25, -0.2) is 0 Å². The normalized spacial score (nSPS) is 19.5. The van der Waals surface area contributed by atoms with E-state index in [9.17, 15) is 14.4 Å². The number of hydrogen-bond donors (Lipinski definition) is 0. The molecular weight excluding hydrogens is 566 g/mol. The number of carbonyl (C=O) groups excluding carboxylic acids is 3. The molecule has 3 amide bonds. The van der Waals surface area contributed by atoms with Gasteiger partial charge in [0, 0.05) is 10.6 Å². The smallest absolute Gasteiger partial charge is 0.264 e. The van der Waals surface area contributed by atoms with E-state index in [4.69, 9.17) is 62.7 Å². The number of methoxy groups -OCH3 is 1. The number of amides is 3. The maximum atomic E-state index is 13.5. The molecule has 3 heterocycles. The summed E-state index contributed by atoms with van der Waals surface area (Å²) in [5.41, 5.74) is 0.147. The second-order valence-electron chi connectivity index (χ2n) is 7.42. The Morgan fingerprint density at radius 3 is 1.94 bits per heavy atom. The first kappa shape index (κ1) is 23.7. The van der Waals surface area contributed by atoms with Gasteiger partial charge in [-0.15, -0.1) is 11.3 Å². The summed E-state index contributed by atoms with van der Waals surface area (Å²) < 4.78 is 5.19. The molecule has 2 unspecified atom stereocenters. The van der Waals surface area contributed by atoms with Gasteiger partial charge in [-0.2, -0.15) is 0 Å². The topological polar surface area (TPSA) is 66.9 Å². The van der Waals surface area contributed by atoms with E-state index in [0.29, 0.717) is 16.5 Å². The number of fused-ring (bicyclic) bond motifs is 1. The predicted octanol–water partition coefficient (Wildman–Crippen LogP) is 6.78. The van der Waals surface area contributed by atoms with Gasteiger partial charge in [0.2, 0.25) is 0 Å². The van der Waals surface area contributed by atoms with Crippen LogP contribution in [0.2, 0.25) is 25.1 Å². The molecule has 6 nitrogen and oxygen atoms in total. The van der Waals surface area contributed by atoms with Crippen molar-refractivity contribution < 1.29 is 19.1 Å². The number of anilines is 1. The Morgan fingerprint density at radius 2 is 1.44 bits per heavy atom. The van der Waals surface area contributed by atoms with E-state index < -0.39 is 29.8 Å². The molecule has 0 saturated carbocycles. The van der Waals surface area contributed by atoms with Crippen LogP contribution in [-0.2, 0) is 4.79 Å². The number of thiophene rings is 1. The average molecular weight is 577 g/mol. The summed E-state index contributed by atoms with van der Waals surface area (Å²) in [4.78, 5) is 43.3. The summed E-state index contributed by atoms with van der Waals surface area (Å²) in [6.07, 6.45) is 0. The first-order valence-electron chi connectivity index (χ1n) is 9.62. The number of carbonyl (C=O) groups is 3. The fraction of sp³-hybridized carbons (Fsp3) is 0.136. The molecule has 2 aliphatic rings. The van der Waals surface area contributed by atoms with Gasteiger partial charge in [0.1, 0.15) is 17.8 Å². The third-order valence-electron chi connectivity index (χ3n) is 5.73. The van der Waals surface area contributed by atoms with Gasteiger partial charge in [0.25, 0.3) is 17.7 Å². The van der Waals surface area contributed by atoms with Crippen molar-refractivity contribution in [3.8, 4) is 5.75 Å². The fourth-order valence-electron chi connectivity index (χ4n) is 4.18. The number of halogens is 5. The number of rotatable bonds is 4. The number of β-lactam (4-membered cyclic amide) rings is 1. The van der Waals surface area contributed by atoms with Crippen LogP contribution in [0.5, 0.6) is 5.75 Å². The van der Waals surface area contributed by atoms with Crippen LogP contribution in [-0.4, -0.2) is 35.8 Å². The van der Waals surface area contributed by atoms with Gasteiger partial charge in [-0.1, -0.05) is 64.1 Å². The molecule has 0 N–H and O–H groups in total. The summed E-state index contributed by atoms with van der Waals surface area (Å²) in [5, 5.41) is 1.49. The predicted molar refractivity (Wildman–Crippen MR) is 133 cm³/mol. The van der Waals surface area contributed by atoms with Crippen molar-refractivity contribution in [1.82, 2.24) is 4.90 Å². The molecule has 0 bridgehead atoms. The summed E-state index contributed by atoms with van der Waals surface area (Å²) >= 11 is 32.4. The molecule has 1 saturated heterocycles. The molecular formula is C22H11Cl5N2O4S. The zero-order valence-electron chi connectivity index (χ0n) is 16.9. The highest BCUT2D eigenvalue weighted by molar-refractivity contribution is 7.10. The quantitative estimate of drug-likeness (QED) is 0.149. The number of nitrogens with zero attached hydrogens (tertiary/aromatic N) is 2. The van der Waals surface area contributed by atoms with E-state index in [-0.39, 0.29) is 31.2 Å². The lowest BCUT2D eigenvalue weighted by atomic mass is 9.90. The number of hydrogen-bond acceptors (Lipinski definition) is 5. The van der Waals surface area contributed by atoms with Gasteiger partial charge in [0.05, 0.1) is 43.3 Å². The van der Waals surface area contributed by atoms with Crippen LogP contribution < -0.4 is 9.64 Å². The lowest BCUT2D eigenvalue weighted by Crippen LogP contribution is -2.67. The third-order valence-corrected chi connectivity index (χ3v) is 8.77. The minimum absolute atomic E-state index is 0.140. The van der Waals surface area contributed by atoms with Gasteiger partial charge in [0.15, 0.2) is 0 Å². The van der Waals surface area contributed by atoms with Crippen LogP contribution in [0.1, 0.15) is 31.6 Å². The minimum atomic E-state index is -1.13. The van der Waals surface area contributed by atoms with E-state index >= 15 is 0 Å². The van der Waals surface area contributed by atoms with Crippen LogP contribution in [0.15, 0.2) is 35.7 Å². The van der Waals surface area contributed by atoms with Crippen LogP contribution in [0.3, 0.4) is 0 Å². The minimum Gasteiger partial charge on any atom is -0.495 e. The van der Waals surface area contributed by atoms with Crippen molar-refractivity contribution in [3.05, 3.63) is 76.8 Å². The molecule has 1 fully saturated rings. The Morgan fingerprint density at radius 1 is 0.824 bits per heavy atom. The Labute approximate surface area is 222 Å². The summed E-state index contributed by atoms with van der Waals surface area (Å²) in [7, 11) is 1.48. The molecule has 2 aromatic carbocycles. The van der Waals surface area contributed by atoms with Crippen molar-refractivity contribution in [3.63, 3.8) is 0 Å². The standard InChI is InChI=1S/C22H11Cl5N2O4S/c1-33-10-5-4-8(7-9(10)23)28-18(11-3-2-6-34-11)19(22(28)32)29-20(30)12-13(21(29)31)15(25)17(27)16(26)14(12)24/h2-7,18-19H,1H3. The molecule has 5 rings (SSSR count). The molecule has 0 spiro atoms. The zero-order chi connectivity index (χ0) is 24.5. The maximum Gasteiger partial charge on any atom is 0.264 e. The highest BCUT2D eigenvalue weighted by Crippen LogP contribution is 2.50. The molecule has 0 radical (unpaired) electrons. The average Bonchev–Trinajstić information content (AvgIpc) is 3.42. The largest absolute Gasteiger partial charge is 0.495 e. The maximum absolute atomic E-state index is 13.5. The highest BCUT2D eigenvalue weighted by Gasteiger charge is 2.58. The SMILES string of the molecule is COc1ccc(N2C(=O)C(N3C(=O)c4c(Cl)c(Cl)c(Cl)c(Cl)c4C3=O)C2c2cccs2)cc1Cl. The second-order valence-corrected chi connectivity index (χ2v) is 10.3. The van der Waals surface area contributed by atoms with Crippen molar-refractivity contribution >= 4 is 92.8 Å². The molecule has 2 atom stereocenters. The monoisotopic (exact) mass is 574 g/mol. The van der Waals surface area contributed by atoms with Crippen molar-refractivity contribution in [2.75, 3.05) is 12.0 Å². The van der Waals surface area contributed by atoms with Crippen molar-refractivity contribution in [1.29, 1.82) is 0 Å². The molecule has 34 heavy (non-hydrogen) atoms. The third kappa shape index (κ3) is 3.26. The number of ether oxygens (including phenoxy) is 1. The van der Waals surface area contributed by atoms with Gasteiger partial charge < -0.3 is 4.74 Å². The van der Waals surface area contributed by atoms with E-state index in [2.05, 4.69) is 0 Å². The van der Waals surface area contributed by atoms with Gasteiger partial charge in [-0.05, 0) is 29.6 Å². The van der Waals surface area contributed by atoms with Crippen molar-refractivity contribution in [2.45, 2.75) is 12.1 Å². The lowest BCUT2D eigenvalue weighted by Gasteiger charge is -2.49. The fourth-order valence-corrected chi connectivity index (χ4v) is 6.29. The van der Waals surface area contributed by atoms with Gasteiger partial charge >= 0.3 is 0 Å². The Hall–Kier alpha value is -2.00. The van der Waals surface area contributed by atoms with Crippen LogP contribution in [0.25, 0.3) is 0 Å². The zero-order valence-corrected chi connectivity index (χ0v) is 21.5. The first-order valence-corrected chi connectivity index (χ1v) is 12.4. The van der Waals surface area contributed by atoms with Crippen molar-refractivity contribution in [2.24, 2.45) is 0 Å². The van der Waals surface area contributed by atoms with E-state index in [0.717, 1.165) is 9.78 Å². The summed E-state index contributed by atoms with van der Waals surface area (Å²) in [6, 6.07) is 6.75. The Kier molecular flexibility index (Phi) is 5.99. The molecule has 1 aromatic heterocycles. The second kappa shape index (κ2) is 8.59.